The van der Waals surface area contributed by atoms with E-state index < -0.39 is 16.6 Å². The molecule has 5 heteroatoms. The monoisotopic (exact) mass is 358 g/mol. The Kier molecular flexibility index (Phi) is 6.17. The molecule has 0 spiro atoms. The van der Waals surface area contributed by atoms with Crippen LogP contribution in [0.5, 0.6) is 0 Å². The van der Waals surface area contributed by atoms with Gasteiger partial charge in [-0.1, -0.05) is 41.5 Å². The van der Waals surface area contributed by atoms with E-state index in [1.807, 2.05) is 0 Å². The molecule has 1 saturated carbocycles. The van der Waals surface area contributed by atoms with Crippen LogP contribution in [-0.4, -0.2) is 34.6 Å². The van der Waals surface area contributed by atoms with Crippen LogP contribution in [0.15, 0.2) is 0 Å². The van der Waals surface area contributed by atoms with Gasteiger partial charge in [-0.05, 0) is 42.7 Å². The minimum Gasteiger partial charge on any atom is -0.413 e. The maximum atomic E-state index is 12.2. The molecule has 1 aliphatic rings. The van der Waals surface area contributed by atoms with E-state index in [2.05, 4.69) is 67.7 Å². The fourth-order valence-corrected chi connectivity index (χ4v) is 5.15. The van der Waals surface area contributed by atoms with Crippen LogP contribution in [-0.2, 0) is 13.6 Å². The smallest absolute Gasteiger partial charge is 0.192 e. The largest absolute Gasteiger partial charge is 0.413 e. The van der Waals surface area contributed by atoms with Gasteiger partial charge in [0.05, 0.1) is 12.2 Å². The molecule has 0 aromatic rings. The molecule has 23 heavy (non-hydrogen) atoms. The predicted molar refractivity (Wildman–Crippen MR) is 103 cm³/mol. The Morgan fingerprint density at radius 2 is 1.09 bits per heavy atom. The van der Waals surface area contributed by atoms with Crippen LogP contribution in [0.2, 0.25) is 36.3 Å². The van der Waals surface area contributed by atoms with Crippen LogP contribution < -0.4 is 0 Å². The molecule has 3 nitrogen and oxygen atoms in total. The second-order valence-electron chi connectivity index (χ2n) is 10.2. The number of hydrogen-bond donors (Lipinski definition) is 0. The lowest BCUT2D eigenvalue weighted by molar-refractivity contribution is -0.126. The summed E-state index contributed by atoms with van der Waals surface area (Å²) in [7, 11) is -3.69. The minimum atomic E-state index is -1.84. The van der Waals surface area contributed by atoms with Crippen molar-refractivity contribution in [2.75, 3.05) is 0 Å². The summed E-state index contributed by atoms with van der Waals surface area (Å²) < 4.78 is 13.0. The van der Waals surface area contributed by atoms with E-state index in [4.69, 9.17) is 8.85 Å². The SMILES string of the molecule is CC(C)(C)[Si](C)(C)O[C@@H]1CC(=O)C[C@@H](O[Si](C)(C)C(C)(C)C)C1. The molecule has 0 aliphatic heterocycles. The van der Waals surface area contributed by atoms with Gasteiger partial charge in [-0.2, -0.15) is 0 Å². The van der Waals surface area contributed by atoms with Crippen LogP contribution >= 0.6 is 0 Å². The third-order valence-corrected chi connectivity index (χ3v) is 15.0. The molecule has 0 radical (unpaired) electrons. The van der Waals surface area contributed by atoms with Gasteiger partial charge in [0.2, 0.25) is 0 Å². The molecule has 0 aromatic carbocycles. The Morgan fingerprint density at radius 3 is 1.35 bits per heavy atom. The number of carbonyl (C=O) groups excluding carboxylic acids is 1. The highest BCUT2D eigenvalue weighted by molar-refractivity contribution is 6.74. The number of Topliss-reactive ketones (excluding diaryl/α,β-unsaturated/α-hetero) is 1. The average Bonchev–Trinajstić information content (AvgIpc) is 2.22. The number of ketones is 1. The number of hydrogen-bond acceptors (Lipinski definition) is 3. The second-order valence-corrected chi connectivity index (χ2v) is 19.7. The molecule has 1 rings (SSSR count). The number of carbonyl (C=O) groups is 1. The van der Waals surface area contributed by atoms with Crippen molar-refractivity contribution in [2.45, 2.75) is 109 Å². The summed E-state index contributed by atoms with van der Waals surface area (Å²) in [5.41, 5.74) is 0. The summed E-state index contributed by atoms with van der Waals surface area (Å²) >= 11 is 0. The van der Waals surface area contributed by atoms with E-state index in [0.717, 1.165) is 6.42 Å². The van der Waals surface area contributed by atoms with Crippen molar-refractivity contribution in [1.29, 1.82) is 0 Å². The summed E-state index contributed by atoms with van der Waals surface area (Å²) in [6.07, 6.45) is 2.05. The van der Waals surface area contributed by atoms with E-state index in [1.54, 1.807) is 0 Å². The molecular weight excluding hydrogens is 320 g/mol. The summed E-state index contributed by atoms with van der Waals surface area (Å²) in [6.45, 7) is 22.5. The third-order valence-electron chi connectivity index (χ3n) is 5.97. The van der Waals surface area contributed by atoms with Gasteiger partial charge >= 0.3 is 0 Å². The lowest BCUT2D eigenvalue weighted by atomic mass is 9.94. The molecule has 1 aliphatic carbocycles. The first-order valence-electron chi connectivity index (χ1n) is 8.92. The molecule has 1 fully saturated rings. The van der Waals surface area contributed by atoms with Crippen molar-refractivity contribution in [2.24, 2.45) is 0 Å². The minimum absolute atomic E-state index is 0.0342. The average molecular weight is 359 g/mol. The van der Waals surface area contributed by atoms with Gasteiger partial charge < -0.3 is 8.85 Å². The lowest BCUT2D eigenvalue weighted by Crippen LogP contribution is -2.49. The Labute approximate surface area is 145 Å². The fraction of sp³-hybridized carbons (Fsp3) is 0.944. The molecule has 0 amide bonds. The molecule has 136 valence electrons. The molecule has 0 bridgehead atoms. The molecule has 0 unspecified atom stereocenters. The zero-order valence-electron chi connectivity index (χ0n) is 17.0. The van der Waals surface area contributed by atoms with Gasteiger partial charge in [0.25, 0.3) is 0 Å². The van der Waals surface area contributed by atoms with E-state index in [0.29, 0.717) is 18.6 Å². The van der Waals surface area contributed by atoms with Crippen molar-refractivity contribution in [1.82, 2.24) is 0 Å². The van der Waals surface area contributed by atoms with Crippen molar-refractivity contribution < 1.29 is 13.6 Å². The Morgan fingerprint density at radius 1 is 0.783 bits per heavy atom. The molecule has 0 heterocycles. The van der Waals surface area contributed by atoms with Crippen molar-refractivity contribution in [3.8, 4) is 0 Å². The summed E-state index contributed by atoms with van der Waals surface area (Å²) in [4.78, 5) is 12.2. The maximum absolute atomic E-state index is 12.2. The fourth-order valence-electron chi connectivity index (χ4n) is 2.42. The van der Waals surface area contributed by atoms with Crippen LogP contribution in [0, 0.1) is 0 Å². The molecule has 0 saturated heterocycles. The van der Waals surface area contributed by atoms with Gasteiger partial charge in [-0.15, -0.1) is 0 Å². The van der Waals surface area contributed by atoms with Crippen molar-refractivity contribution in [3.05, 3.63) is 0 Å². The van der Waals surface area contributed by atoms with E-state index >= 15 is 0 Å². The standard InChI is InChI=1S/C18H38O3Si2/c1-17(2,3)22(7,8)20-15-11-14(19)12-16(13-15)21-23(9,10)18(4,5)6/h15-16H,11-13H2,1-10H3/t15-,16-/m1/s1. The molecule has 0 N–H and O–H groups in total. The quantitative estimate of drug-likeness (QED) is 0.621. The lowest BCUT2D eigenvalue weighted by Gasteiger charge is -2.44. The summed E-state index contributed by atoms with van der Waals surface area (Å²) in [6, 6.07) is 0. The van der Waals surface area contributed by atoms with E-state index in [9.17, 15) is 4.79 Å². The molecule has 0 aromatic heterocycles. The van der Waals surface area contributed by atoms with Gasteiger partial charge in [0, 0.05) is 12.8 Å². The normalized spacial score (nSPS) is 24.9. The zero-order valence-corrected chi connectivity index (χ0v) is 19.0. The topological polar surface area (TPSA) is 35.5 Å². The Balaban J connectivity index is 2.79. The molecular formula is C18H38O3Si2. The molecule has 2 atom stereocenters. The second kappa shape index (κ2) is 6.73. The predicted octanol–water partition coefficient (Wildman–Crippen LogP) is 5.52. The highest BCUT2D eigenvalue weighted by Gasteiger charge is 2.44. The summed E-state index contributed by atoms with van der Waals surface area (Å²) in [5.74, 6) is 0.295. The van der Waals surface area contributed by atoms with Crippen molar-refractivity contribution in [3.63, 3.8) is 0 Å². The Hall–Kier alpha value is 0.0238. The highest BCUT2D eigenvalue weighted by atomic mass is 28.4. The van der Waals surface area contributed by atoms with Gasteiger partial charge in [-0.3, -0.25) is 4.79 Å². The van der Waals surface area contributed by atoms with Crippen LogP contribution in [0.25, 0.3) is 0 Å². The number of rotatable bonds is 4. The van der Waals surface area contributed by atoms with E-state index in [1.165, 1.54) is 0 Å². The van der Waals surface area contributed by atoms with Crippen LogP contribution in [0.4, 0.5) is 0 Å². The third kappa shape index (κ3) is 5.51. The van der Waals surface area contributed by atoms with Crippen molar-refractivity contribution >= 4 is 22.4 Å². The first kappa shape index (κ1) is 21.1. The first-order chi connectivity index (χ1) is 10.1. The van der Waals surface area contributed by atoms with Crippen LogP contribution in [0.1, 0.15) is 60.8 Å². The van der Waals surface area contributed by atoms with Gasteiger partial charge in [0.1, 0.15) is 5.78 Å². The van der Waals surface area contributed by atoms with Crippen LogP contribution in [0.3, 0.4) is 0 Å². The van der Waals surface area contributed by atoms with E-state index in [-0.39, 0.29) is 22.3 Å². The highest BCUT2D eigenvalue weighted by Crippen LogP contribution is 2.41. The Bertz CT molecular complexity index is 393. The maximum Gasteiger partial charge on any atom is 0.192 e. The van der Waals surface area contributed by atoms with Gasteiger partial charge in [0.15, 0.2) is 16.6 Å². The first-order valence-corrected chi connectivity index (χ1v) is 14.7. The zero-order chi connectivity index (χ0) is 18.3. The summed E-state index contributed by atoms with van der Waals surface area (Å²) in [5, 5.41) is 0.340. The van der Waals surface area contributed by atoms with Gasteiger partial charge in [-0.25, -0.2) is 0 Å².